The lowest BCUT2D eigenvalue weighted by Gasteiger charge is -2.34. The van der Waals surface area contributed by atoms with Gasteiger partial charge in [-0.2, -0.15) is 0 Å². The largest absolute Gasteiger partial charge is 0.497 e. The first kappa shape index (κ1) is 17.2. The van der Waals surface area contributed by atoms with E-state index < -0.39 is 0 Å². The van der Waals surface area contributed by atoms with Crippen LogP contribution in [0, 0.1) is 0 Å². The fraction of sp³-hybridized carbons (Fsp3) is 0.611. The third kappa shape index (κ3) is 4.47. The number of amides is 1. The van der Waals surface area contributed by atoms with E-state index in [1.807, 2.05) is 24.3 Å². The number of hydrogen-bond acceptors (Lipinski definition) is 5. The Hall–Kier alpha value is -1.63. The molecule has 6 nitrogen and oxygen atoms in total. The van der Waals surface area contributed by atoms with E-state index >= 15 is 0 Å². The van der Waals surface area contributed by atoms with Crippen molar-refractivity contribution in [2.45, 2.75) is 24.9 Å². The fourth-order valence-electron chi connectivity index (χ4n) is 3.31. The van der Waals surface area contributed by atoms with Gasteiger partial charge >= 0.3 is 0 Å². The monoisotopic (exact) mass is 334 g/mol. The van der Waals surface area contributed by atoms with Gasteiger partial charge in [-0.05, 0) is 24.1 Å². The van der Waals surface area contributed by atoms with Crippen LogP contribution in [0.3, 0.4) is 0 Å². The summed E-state index contributed by atoms with van der Waals surface area (Å²) in [6, 6.07) is 8.18. The average Bonchev–Trinajstić information content (AvgIpc) is 3.09. The average molecular weight is 334 g/mol. The molecule has 0 radical (unpaired) electrons. The molecule has 1 N–H and O–H groups in total. The Bertz CT molecular complexity index is 546. The van der Waals surface area contributed by atoms with Crippen molar-refractivity contribution in [1.29, 1.82) is 0 Å². The molecule has 2 fully saturated rings. The van der Waals surface area contributed by atoms with Crippen molar-refractivity contribution in [3.8, 4) is 5.75 Å². The number of ether oxygens (including phenoxy) is 3. The van der Waals surface area contributed by atoms with Crippen LogP contribution < -0.4 is 10.1 Å². The predicted molar refractivity (Wildman–Crippen MR) is 90.2 cm³/mol. The second kappa shape index (κ2) is 8.46. The number of nitrogens with one attached hydrogen (secondary N) is 1. The van der Waals surface area contributed by atoms with E-state index in [0.29, 0.717) is 26.1 Å². The minimum Gasteiger partial charge on any atom is -0.497 e. The van der Waals surface area contributed by atoms with Crippen molar-refractivity contribution >= 4 is 5.91 Å². The molecule has 0 aliphatic carbocycles. The van der Waals surface area contributed by atoms with E-state index in [0.717, 1.165) is 37.6 Å². The van der Waals surface area contributed by atoms with Gasteiger partial charge in [-0.1, -0.05) is 12.1 Å². The molecule has 3 rings (SSSR count). The minimum absolute atomic E-state index is 0.0703. The number of aryl methyl sites for hydroxylation is 1. The van der Waals surface area contributed by atoms with Crippen molar-refractivity contribution in [3.05, 3.63) is 29.8 Å². The van der Waals surface area contributed by atoms with Crippen molar-refractivity contribution in [2.75, 3.05) is 46.6 Å². The van der Waals surface area contributed by atoms with E-state index in [1.54, 1.807) is 7.11 Å². The van der Waals surface area contributed by atoms with Crippen LogP contribution in [0.2, 0.25) is 0 Å². The van der Waals surface area contributed by atoms with E-state index in [2.05, 4.69) is 10.2 Å². The molecule has 1 aromatic rings. The van der Waals surface area contributed by atoms with Crippen LogP contribution in [-0.4, -0.2) is 69.5 Å². The maximum Gasteiger partial charge on any atom is 0.220 e. The second-order valence-corrected chi connectivity index (χ2v) is 6.28. The summed E-state index contributed by atoms with van der Waals surface area (Å²) in [5.74, 6) is 0.899. The number of benzene rings is 1. The summed E-state index contributed by atoms with van der Waals surface area (Å²) in [6.07, 6.45) is 1.18. The SMILES string of the molecule is COc1cccc(CCC(=O)N[C@H]2COC[C@@H]2N2CCOCC2)c1. The number of methoxy groups -OCH3 is 1. The molecular weight excluding hydrogens is 308 g/mol. The van der Waals surface area contributed by atoms with Crippen molar-refractivity contribution in [3.63, 3.8) is 0 Å². The maximum atomic E-state index is 12.3. The highest BCUT2D eigenvalue weighted by Crippen LogP contribution is 2.16. The van der Waals surface area contributed by atoms with Crippen molar-refractivity contribution in [2.24, 2.45) is 0 Å². The van der Waals surface area contributed by atoms with Gasteiger partial charge in [0.15, 0.2) is 0 Å². The third-order valence-electron chi connectivity index (χ3n) is 4.69. The van der Waals surface area contributed by atoms with Crippen LogP contribution in [0.15, 0.2) is 24.3 Å². The Morgan fingerprint density at radius 2 is 2.12 bits per heavy atom. The molecule has 2 saturated heterocycles. The van der Waals surface area contributed by atoms with Gasteiger partial charge in [-0.15, -0.1) is 0 Å². The summed E-state index contributed by atoms with van der Waals surface area (Å²) in [6.45, 7) is 4.60. The van der Waals surface area contributed by atoms with Crippen LogP contribution in [0.25, 0.3) is 0 Å². The molecule has 0 spiro atoms. The molecule has 132 valence electrons. The minimum atomic E-state index is 0.0703. The Labute approximate surface area is 143 Å². The van der Waals surface area contributed by atoms with E-state index in [1.165, 1.54) is 0 Å². The molecule has 0 unspecified atom stereocenters. The van der Waals surface area contributed by atoms with Crippen molar-refractivity contribution in [1.82, 2.24) is 10.2 Å². The Balaban J connectivity index is 1.48. The molecule has 6 heteroatoms. The topological polar surface area (TPSA) is 60.0 Å². The highest BCUT2D eigenvalue weighted by molar-refractivity contribution is 5.76. The highest BCUT2D eigenvalue weighted by atomic mass is 16.5. The highest BCUT2D eigenvalue weighted by Gasteiger charge is 2.34. The van der Waals surface area contributed by atoms with Gasteiger partial charge in [-0.25, -0.2) is 0 Å². The molecular formula is C18H26N2O4. The molecule has 0 bridgehead atoms. The summed E-state index contributed by atoms with van der Waals surface area (Å²) in [4.78, 5) is 14.7. The molecule has 1 amide bonds. The van der Waals surface area contributed by atoms with Gasteiger partial charge < -0.3 is 19.5 Å². The second-order valence-electron chi connectivity index (χ2n) is 6.28. The molecule has 0 aromatic heterocycles. The zero-order valence-electron chi connectivity index (χ0n) is 14.2. The summed E-state index contributed by atoms with van der Waals surface area (Å²) in [5.41, 5.74) is 1.11. The van der Waals surface area contributed by atoms with Gasteiger partial charge in [0.2, 0.25) is 5.91 Å². The number of carbonyl (C=O) groups is 1. The van der Waals surface area contributed by atoms with E-state index in [4.69, 9.17) is 14.2 Å². The predicted octanol–water partition coefficient (Wildman–Crippen LogP) is 0.844. The van der Waals surface area contributed by atoms with Crippen LogP contribution in [0.5, 0.6) is 5.75 Å². The number of nitrogens with zero attached hydrogens (tertiary/aromatic N) is 1. The normalized spacial score (nSPS) is 24.7. The first-order valence-corrected chi connectivity index (χ1v) is 8.58. The summed E-state index contributed by atoms with van der Waals surface area (Å²) >= 11 is 0. The van der Waals surface area contributed by atoms with Crippen LogP contribution in [0.1, 0.15) is 12.0 Å². The number of hydrogen-bond donors (Lipinski definition) is 1. The molecule has 2 heterocycles. The quantitative estimate of drug-likeness (QED) is 0.836. The van der Waals surface area contributed by atoms with E-state index in [-0.39, 0.29) is 18.0 Å². The number of rotatable bonds is 6. The van der Waals surface area contributed by atoms with Gasteiger partial charge in [0, 0.05) is 19.5 Å². The summed E-state index contributed by atoms with van der Waals surface area (Å²) in [5, 5.41) is 3.15. The van der Waals surface area contributed by atoms with Crippen LogP contribution in [0.4, 0.5) is 0 Å². The smallest absolute Gasteiger partial charge is 0.220 e. The molecule has 2 aliphatic rings. The van der Waals surface area contributed by atoms with Gasteiger partial charge in [0.1, 0.15) is 5.75 Å². The van der Waals surface area contributed by atoms with Crippen molar-refractivity contribution < 1.29 is 19.0 Å². The molecule has 2 atom stereocenters. The number of morpholine rings is 1. The lowest BCUT2D eigenvalue weighted by molar-refractivity contribution is -0.122. The van der Waals surface area contributed by atoms with E-state index in [9.17, 15) is 4.79 Å². The lowest BCUT2D eigenvalue weighted by Crippen LogP contribution is -2.54. The maximum absolute atomic E-state index is 12.3. The molecule has 0 saturated carbocycles. The standard InChI is InChI=1S/C18H26N2O4/c1-22-15-4-2-3-14(11-15)5-6-18(21)19-16-12-24-13-17(16)20-7-9-23-10-8-20/h2-4,11,16-17H,5-10,12-13H2,1H3,(H,19,21)/t16-,17-/m0/s1. The van der Waals surface area contributed by atoms with Gasteiger partial charge in [0.25, 0.3) is 0 Å². The molecule has 2 aliphatic heterocycles. The lowest BCUT2D eigenvalue weighted by atomic mass is 10.1. The third-order valence-corrected chi connectivity index (χ3v) is 4.69. The Morgan fingerprint density at radius 1 is 1.29 bits per heavy atom. The summed E-state index contributed by atoms with van der Waals surface area (Å²) in [7, 11) is 1.65. The molecule has 1 aromatic carbocycles. The first-order chi connectivity index (χ1) is 11.8. The van der Waals surface area contributed by atoms with Gasteiger partial charge in [-0.3, -0.25) is 9.69 Å². The summed E-state index contributed by atoms with van der Waals surface area (Å²) < 4.78 is 16.2. The Kier molecular flexibility index (Phi) is 6.07. The van der Waals surface area contributed by atoms with Gasteiger partial charge in [0.05, 0.1) is 45.6 Å². The zero-order chi connectivity index (χ0) is 16.8. The Morgan fingerprint density at radius 3 is 2.92 bits per heavy atom. The fourth-order valence-corrected chi connectivity index (χ4v) is 3.31. The van der Waals surface area contributed by atoms with Crippen LogP contribution >= 0.6 is 0 Å². The number of carbonyl (C=O) groups excluding carboxylic acids is 1. The zero-order valence-corrected chi connectivity index (χ0v) is 14.2. The van der Waals surface area contributed by atoms with Crippen LogP contribution in [-0.2, 0) is 20.7 Å². The first-order valence-electron chi connectivity index (χ1n) is 8.58. The molecule has 24 heavy (non-hydrogen) atoms.